The summed E-state index contributed by atoms with van der Waals surface area (Å²) in [6.07, 6.45) is 1.68. The van der Waals surface area contributed by atoms with Crippen molar-refractivity contribution in [3.8, 4) is 0 Å². The van der Waals surface area contributed by atoms with E-state index in [1.54, 1.807) is 13.2 Å². The molecule has 0 atom stereocenters. The maximum absolute atomic E-state index is 12.2. The van der Waals surface area contributed by atoms with Gasteiger partial charge in [-0.15, -0.1) is 0 Å². The number of piperazine rings is 1. The van der Waals surface area contributed by atoms with E-state index in [1.807, 2.05) is 18.2 Å². The Labute approximate surface area is 148 Å². The number of para-hydroxylation sites is 1. The molecule has 1 fully saturated rings. The van der Waals surface area contributed by atoms with Gasteiger partial charge < -0.3 is 16.0 Å². The van der Waals surface area contributed by atoms with Gasteiger partial charge in [0.1, 0.15) is 5.69 Å². The molecule has 3 rings (SSSR count). The zero-order valence-electron chi connectivity index (χ0n) is 14.7. The number of aromatic nitrogens is 2. The number of anilines is 2. The van der Waals surface area contributed by atoms with Crippen LogP contribution in [0.25, 0.3) is 0 Å². The lowest BCUT2D eigenvalue weighted by molar-refractivity contribution is 0.267. The zero-order chi connectivity index (χ0) is 17.6. The topological polar surface area (TPSA) is 79.4 Å². The number of nitrogens with one attached hydrogen (secondary N) is 1. The molecule has 1 saturated heterocycles. The maximum Gasteiger partial charge on any atom is 0.290 e. The molecule has 0 saturated carbocycles. The van der Waals surface area contributed by atoms with Gasteiger partial charge in [0.05, 0.1) is 0 Å². The lowest BCUT2D eigenvalue weighted by Gasteiger charge is -2.35. The molecule has 1 aliphatic heterocycles. The lowest BCUT2D eigenvalue weighted by atomic mass is 10.2. The van der Waals surface area contributed by atoms with Crippen molar-refractivity contribution in [1.82, 2.24) is 14.7 Å². The Bertz CT molecular complexity index is 751. The number of hydrogen-bond acceptors (Lipinski definition) is 6. The van der Waals surface area contributed by atoms with Gasteiger partial charge >= 0.3 is 0 Å². The van der Waals surface area contributed by atoms with Crippen molar-refractivity contribution in [3.05, 3.63) is 52.4 Å². The van der Waals surface area contributed by atoms with Crippen molar-refractivity contribution in [2.24, 2.45) is 12.8 Å². The minimum absolute atomic E-state index is 0.0315. The molecule has 7 heteroatoms. The van der Waals surface area contributed by atoms with Gasteiger partial charge in [-0.25, -0.2) is 4.68 Å². The lowest BCUT2D eigenvalue weighted by Crippen LogP contribution is -2.49. The molecule has 2 aromatic rings. The summed E-state index contributed by atoms with van der Waals surface area (Å²) in [5.41, 5.74) is 8.74. The Morgan fingerprint density at radius 3 is 2.68 bits per heavy atom. The molecule has 0 spiro atoms. The summed E-state index contributed by atoms with van der Waals surface area (Å²) in [6, 6.07) is 9.96. The monoisotopic (exact) mass is 342 g/mol. The second-order valence-electron chi connectivity index (χ2n) is 6.26. The van der Waals surface area contributed by atoms with E-state index in [0.29, 0.717) is 6.54 Å². The third kappa shape index (κ3) is 4.18. The fourth-order valence-electron chi connectivity index (χ4n) is 3.17. The van der Waals surface area contributed by atoms with E-state index in [9.17, 15) is 4.79 Å². The normalized spacial score (nSPS) is 15.4. The van der Waals surface area contributed by atoms with Crippen molar-refractivity contribution in [3.63, 3.8) is 0 Å². The first-order valence-corrected chi connectivity index (χ1v) is 8.70. The van der Waals surface area contributed by atoms with Crippen molar-refractivity contribution >= 4 is 11.4 Å². The smallest absolute Gasteiger partial charge is 0.290 e. The summed E-state index contributed by atoms with van der Waals surface area (Å²) in [4.78, 5) is 16.7. The molecule has 1 aliphatic rings. The van der Waals surface area contributed by atoms with Crippen molar-refractivity contribution in [2.75, 3.05) is 49.5 Å². The van der Waals surface area contributed by atoms with E-state index in [2.05, 4.69) is 32.3 Å². The Morgan fingerprint density at radius 1 is 1.16 bits per heavy atom. The van der Waals surface area contributed by atoms with E-state index in [4.69, 9.17) is 5.73 Å². The molecule has 134 valence electrons. The summed E-state index contributed by atoms with van der Waals surface area (Å²) in [6.45, 7) is 6.02. The van der Waals surface area contributed by atoms with Gasteiger partial charge in [0.2, 0.25) is 0 Å². The highest BCUT2D eigenvalue weighted by molar-refractivity contribution is 5.51. The number of nitrogens with two attached hydrogens (primary N) is 1. The van der Waals surface area contributed by atoms with E-state index in [1.165, 1.54) is 4.68 Å². The van der Waals surface area contributed by atoms with Crippen LogP contribution < -0.4 is 21.5 Å². The standard InChI is InChI=1S/C18H26N6O/c1-22-18(25)17(6-7-21-22)24-12-10-23(11-13-24)9-8-20-16-5-3-2-4-15(16)14-19/h2-7,20H,8-14,19H2,1H3. The van der Waals surface area contributed by atoms with Crippen LogP contribution in [0.1, 0.15) is 5.56 Å². The molecule has 3 N–H and O–H groups in total. The summed E-state index contributed by atoms with van der Waals surface area (Å²) >= 11 is 0. The highest BCUT2D eigenvalue weighted by Crippen LogP contribution is 2.14. The van der Waals surface area contributed by atoms with Gasteiger partial charge in [-0.3, -0.25) is 9.69 Å². The van der Waals surface area contributed by atoms with Gasteiger partial charge in [-0.05, 0) is 17.7 Å². The van der Waals surface area contributed by atoms with Crippen LogP contribution in [-0.2, 0) is 13.6 Å². The fraction of sp³-hybridized carbons (Fsp3) is 0.444. The first-order valence-electron chi connectivity index (χ1n) is 8.70. The Kier molecular flexibility index (Phi) is 5.67. The third-order valence-corrected chi connectivity index (χ3v) is 4.68. The zero-order valence-corrected chi connectivity index (χ0v) is 14.7. The van der Waals surface area contributed by atoms with Crippen LogP contribution in [0.15, 0.2) is 41.3 Å². The van der Waals surface area contributed by atoms with Crippen molar-refractivity contribution in [1.29, 1.82) is 0 Å². The quantitative estimate of drug-likeness (QED) is 0.795. The molecule has 1 aromatic heterocycles. The summed E-state index contributed by atoms with van der Waals surface area (Å²) in [5, 5.41) is 7.46. The van der Waals surface area contributed by atoms with Crippen LogP contribution in [0.2, 0.25) is 0 Å². The Balaban J connectivity index is 1.48. The molecule has 0 radical (unpaired) electrons. The highest BCUT2D eigenvalue weighted by atomic mass is 16.1. The highest BCUT2D eigenvalue weighted by Gasteiger charge is 2.19. The molecule has 0 amide bonds. The minimum atomic E-state index is -0.0315. The number of hydrogen-bond donors (Lipinski definition) is 2. The number of rotatable bonds is 6. The molecule has 1 aromatic carbocycles. The van der Waals surface area contributed by atoms with Gasteiger partial charge in [0.15, 0.2) is 0 Å². The van der Waals surface area contributed by atoms with Gasteiger partial charge in [-0.2, -0.15) is 5.10 Å². The average Bonchev–Trinajstić information content (AvgIpc) is 2.65. The van der Waals surface area contributed by atoms with Crippen LogP contribution in [-0.4, -0.2) is 53.9 Å². The van der Waals surface area contributed by atoms with E-state index < -0.39 is 0 Å². The largest absolute Gasteiger partial charge is 0.383 e. The maximum atomic E-state index is 12.2. The van der Waals surface area contributed by atoms with Gasteiger partial charge in [0, 0.05) is 64.7 Å². The van der Waals surface area contributed by atoms with E-state index >= 15 is 0 Å². The second-order valence-corrected chi connectivity index (χ2v) is 6.26. The Morgan fingerprint density at radius 2 is 1.92 bits per heavy atom. The molecule has 7 nitrogen and oxygen atoms in total. The SMILES string of the molecule is Cn1nccc(N2CCN(CCNc3ccccc3CN)CC2)c1=O. The summed E-state index contributed by atoms with van der Waals surface area (Å²) in [5.74, 6) is 0. The summed E-state index contributed by atoms with van der Waals surface area (Å²) < 4.78 is 1.39. The third-order valence-electron chi connectivity index (χ3n) is 4.68. The number of nitrogens with zero attached hydrogens (tertiary/aromatic N) is 4. The van der Waals surface area contributed by atoms with Crippen LogP contribution in [0.4, 0.5) is 11.4 Å². The van der Waals surface area contributed by atoms with Crippen LogP contribution in [0, 0.1) is 0 Å². The van der Waals surface area contributed by atoms with E-state index in [0.717, 1.165) is 56.2 Å². The van der Waals surface area contributed by atoms with E-state index in [-0.39, 0.29) is 5.56 Å². The molecular formula is C18H26N6O. The van der Waals surface area contributed by atoms with Gasteiger partial charge in [0.25, 0.3) is 5.56 Å². The average molecular weight is 342 g/mol. The molecular weight excluding hydrogens is 316 g/mol. The first kappa shape index (κ1) is 17.4. The van der Waals surface area contributed by atoms with Crippen LogP contribution in [0.5, 0.6) is 0 Å². The van der Waals surface area contributed by atoms with Crippen LogP contribution >= 0.6 is 0 Å². The van der Waals surface area contributed by atoms with Gasteiger partial charge in [-0.1, -0.05) is 18.2 Å². The van der Waals surface area contributed by atoms with Crippen molar-refractivity contribution in [2.45, 2.75) is 6.54 Å². The molecule has 0 bridgehead atoms. The minimum Gasteiger partial charge on any atom is -0.383 e. The van der Waals surface area contributed by atoms with Crippen molar-refractivity contribution < 1.29 is 0 Å². The molecule has 0 unspecified atom stereocenters. The Hall–Kier alpha value is -2.38. The summed E-state index contributed by atoms with van der Waals surface area (Å²) in [7, 11) is 1.69. The van der Waals surface area contributed by atoms with Crippen LogP contribution in [0.3, 0.4) is 0 Å². The molecule has 0 aliphatic carbocycles. The number of benzene rings is 1. The molecule has 2 heterocycles. The molecule has 25 heavy (non-hydrogen) atoms. The first-order chi connectivity index (χ1) is 12.2. The predicted molar refractivity (Wildman–Crippen MR) is 101 cm³/mol. The predicted octanol–water partition coefficient (Wildman–Crippen LogP) is 0.473. The number of aryl methyl sites for hydroxylation is 1. The fourth-order valence-corrected chi connectivity index (χ4v) is 3.17. The second kappa shape index (κ2) is 8.13.